The molecule has 3 rings (SSSR count). The Labute approximate surface area is 135 Å². The van der Waals surface area contributed by atoms with Gasteiger partial charge in [-0.2, -0.15) is 0 Å². The quantitative estimate of drug-likeness (QED) is 0.632. The second-order valence-electron chi connectivity index (χ2n) is 6.62. The molecule has 0 radical (unpaired) electrons. The van der Waals surface area contributed by atoms with E-state index in [9.17, 15) is 14.4 Å². The molecule has 6 heteroatoms. The number of urea groups is 1. The van der Waals surface area contributed by atoms with Gasteiger partial charge in [-0.15, -0.1) is 0 Å². The third-order valence-corrected chi connectivity index (χ3v) is 5.39. The number of furan rings is 1. The van der Waals surface area contributed by atoms with Gasteiger partial charge in [0.1, 0.15) is 5.54 Å². The smallest absolute Gasteiger partial charge is 0.327 e. The number of amides is 3. The van der Waals surface area contributed by atoms with Gasteiger partial charge in [-0.25, -0.2) is 4.79 Å². The van der Waals surface area contributed by atoms with Crippen molar-refractivity contribution in [3.8, 4) is 0 Å². The van der Waals surface area contributed by atoms with E-state index in [1.807, 2.05) is 6.92 Å². The molecule has 1 aliphatic carbocycles. The molecule has 1 unspecified atom stereocenters. The van der Waals surface area contributed by atoms with Gasteiger partial charge in [-0.1, -0.05) is 19.3 Å². The Morgan fingerprint density at radius 2 is 2.00 bits per heavy atom. The Morgan fingerprint density at radius 3 is 2.61 bits per heavy atom. The third-order valence-electron chi connectivity index (χ3n) is 5.39. The first kappa shape index (κ1) is 15.8. The molecule has 1 atom stereocenters. The van der Waals surface area contributed by atoms with Crippen molar-refractivity contribution >= 4 is 17.7 Å². The zero-order valence-electron chi connectivity index (χ0n) is 13.6. The molecule has 2 fully saturated rings. The maximum Gasteiger partial charge on any atom is 0.327 e. The fraction of sp³-hybridized carbons (Fsp3) is 0.588. The molecule has 0 bridgehead atoms. The average Bonchev–Trinajstić information content (AvgIpc) is 3.16. The summed E-state index contributed by atoms with van der Waals surface area (Å²) in [6, 6.07) is 2.75. The molecule has 1 saturated heterocycles. The monoisotopic (exact) mass is 318 g/mol. The van der Waals surface area contributed by atoms with Crippen LogP contribution >= 0.6 is 0 Å². The van der Waals surface area contributed by atoms with E-state index < -0.39 is 11.6 Å². The molecule has 1 saturated carbocycles. The number of Topliss-reactive ketones (excluding diaryl/α,β-unsaturated/α-hetero) is 1. The highest BCUT2D eigenvalue weighted by atomic mass is 16.3. The van der Waals surface area contributed by atoms with Gasteiger partial charge in [0.2, 0.25) is 5.78 Å². The number of nitrogens with zero attached hydrogens (tertiary/aromatic N) is 2. The summed E-state index contributed by atoms with van der Waals surface area (Å²) in [5.41, 5.74) is -0.846. The van der Waals surface area contributed by atoms with Crippen LogP contribution in [0.4, 0.5) is 4.79 Å². The van der Waals surface area contributed by atoms with E-state index in [4.69, 9.17) is 4.42 Å². The third kappa shape index (κ3) is 2.46. The van der Waals surface area contributed by atoms with E-state index in [-0.39, 0.29) is 29.9 Å². The molecular formula is C17H22N2O4. The van der Waals surface area contributed by atoms with Crippen LogP contribution in [-0.2, 0) is 4.79 Å². The summed E-state index contributed by atoms with van der Waals surface area (Å²) < 4.78 is 5.06. The van der Waals surface area contributed by atoms with Crippen LogP contribution in [0.3, 0.4) is 0 Å². The SMILES string of the molecule is CN1C(=O)N(CC(=O)c2ccco2)C(=O)C1(C)C1CCCCC1. The molecule has 0 aromatic carbocycles. The van der Waals surface area contributed by atoms with E-state index >= 15 is 0 Å². The molecule has 2 aliphatic rings. The number of carbonyl (C=O) groups excluding carboxylic acids is 3. The van der Waals surface area contributed by atoms with Gasteiger partial charge in [-0.3, -0.25) is 14.5 Å². The zero-order chi connectivity index (χ0) is 16.6. The van der Waals surface area contributed by atoms with E-state index in [1.165, 1.54) is 23.7 Å². The number of hydrogen-bond acceptors (Lipinski definition) is 4. The molecular weight excluding hydrogens is 296 g/mol. The van der Waals surface area contributed by atoms with E-state index in [0.29, 0.717) is 0 Å². The number of ketones is 1. The van der Waals surface area contributed by atoms with Gasteiger partial charge in [-0.05, 0) is 37.8 Å². The van der Waals surface area contributed by atoms with Crippen molar-refractivity contribution in [2.75, 3.05) is 13.6 Å². The lowest BCUT2D eigenvalue weighted by atomic mass is 9.75. The Morgan fingerprint density at radius 1 is 1.30 bits per heavy atom. The summed E-state index contributed by atoms with van der Waals surface area (Å²) in [7, 11) is 1.66. The zero-order valence-corrected chi connectivity index (χ0v) is 13.6. The first-order valence-corrected chi connectivity index (χ1v) is 8.12. The molecule has 1 aromatic rings. The van der Waals surface area contributed by atoms with Gasteiger partial charge in [0.15, 0.2) is 5.76 Å². The highest BCUT2D eigenvalue weighted by molar-refractivity contribution is 6.10. The molecule has 23 heavy (non-hydrogen) atoms. The lowest BCUT2D eigenvalue weighted by molar-refractivity contribution is -0.135. The lowest BCUT2D eigenvalue weighted by Gasteiger charge is -2.38. The van der Waals surface area contributed by atoms with Crippen LogP contribution in [0.15, 0.2) is 22.8 Å². The molecule has 6 nitrogen and oxygen atoms in total. The number of likely N-dealkylation sites (N-methyl/N-ethyl adjacent to an activating group) is 1. The normalized spacial score (nSPS) is 26.2. The highest BCUT2D eigenvalue weighted by Gasteiger charge is 2.56. The van der Waals surface area contributed by atoms with Crippen molar-refractivity contribution in [3.05, 3.63) is 24.2 Å². The van der Waals surface area contributed by atoms with Crippen molar-refractivity contribution in [3.63, 3.8) is 0 Å². The van der Waals surface area contributed by atoms with E-state index in [1.54, 1.807) is 13.1 Å². The van der Waals surface area contributed by atoms with Gasteiger partial charge >= 0.3 is 6.03 Å². The standard InChI is InChI=1S/C17H22N2O4/c1-17(12-7-4-3-5-8-12)15(21)19(16(22)18(17)2)11-13(20)14-9-6-10-23-14/h6,9-10,12H,3-5,7-8,11H2,1-2H3. The number of hydrogen-bond donors (Lipinski definition) is 0. The molecule has 3 amide bonds. The first-order chi connectivity index (χ1) is 11.0. The Kier molecular flexibility index (Phi) is 4.00. The topological polar surface area (TPSA) is 70.8 Å². The predicted octanol–water partition coefficient (Wildman–Crippen LogP) is 2.70. The second-order valence-corrected chi connectivity index (χ2v) is 6.62. The molecule has 1 aliphatic heterocycles. The van der Waals surface area contributed by atoms with Crippen LogP contribution in [0.2, 0.25) is 0 Å². The minimum absolute atomic E-state index is 0.154. The first-order valence-electron chi connectivity index (χ1n) is 8.12. The van der Waals surface area contributed by atoms with Crippen molar-refractivity contribution in [1.29, 1.82) is 0 Å². The lowest BCUT2D eigenvalue weighted by Crippen LogP contribution is -2.52. The minimum Gasteiger partial charge on any atom is -0.461 e. The Balaban J connectivity index is 1.81. The maximum atomic E-state index is 12.9. The van der Waals surface area contributed by atoms with Crippen LogP contribution in [0.1, 0.15) is 49.6 Å². The molecule has 124 valence electrons. The molecule has 0 spiro atoms. The van der Waals surface area contributed by atoms with Crippen LogP contribution in [0.25, 0.3) is 0 Å². The number of imide groups is 1. The minimum atomic E-state index is -0.846. The molecule has 2 heterocycles. The van der Waals surface area contributed by atoms with Crippen molar-refractivity contribution < 1.29 is 18.8 Å². The van der Waals surface area contributed by atoms with Gasteiger partial charge in [0.25, 0.3) is 5.91 Å². The van der Waals surface area contributed by atoms with Crippen molar-refractivity contribution in [1.82, 2.24) is 9.80 Å². The Hall–Kier alpha value is -2.11. The van der Waals surface area contributed by atoms with Gasteiger partial charge < -0.3 is 9.32 Å². The summed E-state index contributed by atoms with van der Waals surface area (Å²) in [6.07, 6.45) is 6.64. The second kappa shape index (κ2) is 5.83. The number of carbonyl (C=O) groups is 3. The number of rotatable bonds is 4. The summed E-state index contributed by atoms with van der Waals surface area (Å²) in [5, 5.41) is 0. The fourth-order valence-electron chi connectivity index (χ4n) is 3.79. The summed E-state index contributed by atoms with van der Waals surface area (Å²) in [6.45, 7) is 1.57. The summed E-state index contributed by atoms with van der Waals surface area (Å²) in [4.78, 5) is 40.2. The van der Waals surface area contributed by atoms with Crippen LogP contribution < -0.4 is 0 Å². The van der Waals surface area contributed by atoms with Crippen molar-refractivity contribution in [2.24, 2.45) is 5.92 Å². The average molecular weight is 318 g/mol. The summed E-state index contributed by atoms with van der Waals surface area (Å²) >= 11 is 0. The van der Waals surface area contributed by atoms with E-state index in [0.717, 1.165) is 30.6 Å². The molecule has 0 N–H and O–H groups in total. The van der Waals surface area contributed by atoms with Crippen LogP contribution in [0, 0.1) is 5.92 Å². The summed E-state index contributed by atoms with van der Waals surface area (Å²) in [5.74, 6) is -0.310. The predicted molar refractivity (Wildman–Crippen MR) is 82.9 cm³/mol. The van der Waals surface area contributed by atoms with Crippen molar-refractivity contribution in [2.45, 2.75) is 44.6 Å². The highest BCUT2D eigenvalue weighted by Crippen LogP contribution is 2.40. The van der Waals surface area contributed by atoms with Gasteiger partial charge in [0.05, 0.1) is 12.8 Å². The Bertz CT molecular complexity index is 619. The van der Waals surface area contributed by atoms with Crippen LogP contribution in [0.5, 0.6) is 0 Å². The van der Waals surface area contributed by atoms with Gasteiger partial charge in [0, 0.05) is 7.05 Å². The fourth-order valence-corrected chi connectivity index (χ4v) is 3.79. The largest absolute Gasteiger partial charge is 0.461 e. The van der Waals surface area contributed by atoms with E-state index in [2.05, 4.69) is 0 Å². The molecule has 1 aromatic heterocycles. The van der Waals surface area contributed by atoms with Crippen LogP contribution in [-0.4, -0.2) is 46.7 Å². The maximum absolute atomic E-state index is 12.9.